The first kappa shape index (κ1) is 24.8. The molecule has 0 unspecified atom stereocenters. The van der Waals surface area contributed by atoms with Crippen LogP contribution in [0, 0.1) is 33.6 Å². The van der Waals surface area contributed by atoms with Crippen molar-refractivity contribution in [1.82, 2.24) is 14.3 Å². The molecule has 9 heteroatoms. The van der Waals surface area contributed by atoms with Crippen molar-refractivity contribution in [2.24, 2.45) is 5.92 Å². The van der Waals surface area contributed by atoms with Crippen LogP contribution in [-0.4, -0.2) is 41.7 Å². The van der Waals surface area contributed by atoms with E-state index in [1.54, 1.807) is 31.2 Å². The number of amides is 1. The lowest BCUT2D eigenvalue weighted by molar-refractivity contribution is -0.120. The molecule has 1 saturated heterocycles. The Balaban J connectivity index is 1.52. The Kier molecular flexibility index (Phi) is 6.91. The standard InChI is InChI=1S/C26H30N4O4S/c1-16-11-17(2)24(18(3)12-16)35(33,34)30-10-6-8-21(15-30)26(32)28-22-9-5-7-20(14-22)25-27-19(4)13-23(31)29-25/h5,7,9,11-14,21H,6,8,10,15H2,1-4H3,(H,28,32)(H,27,29,31)/t21-/m0/s1. The fraction of sp³-hybridized carbons (Fsp3) is 0.346. The first-order valence-corrected chi connectivity index (χ1v) is 13.1. The van der Waals surface area contributed by atoms with Crippen molar-refractivity contribution in [1.29, 1.82) is 0 Å². The van der Waals surface area contributed by atoms with Crippen LogP contribution in [0.5, 0.6) is 0 Å². The lowest BCUT2D eigenvalue weighted by Crippen LogP contribution is -2.44. The summed E-state index contributed by atoms with van der Waals surface area (Å²) in [6.07, 6.45) is 1.21. The van der Waals surface area contributed by atoms with Crippen molar-refractivity contribution in [3.63, 3.8) is 0 Å². The number of anilines is 1. The maximum atomic E-state index is 13.5. The SMILES string of the molecule is Cc1cc(C)c(S(=O)(=O)N2CCC[C@H](C(=O)Nc3cccc(-c4nc(C)cc(=O)[nH]4)c3)C2)c(C)c1. The zero-order chi connectivity index (χ0) is 25.3. The molecule has 3 aromatic rings. The molecule has 0 radical (unpaired) electrons. The zero-order valence-electron chi connectivity index (χ0n) is 20.4. The predicted molar refractivity (Wildman–Crippen MR) is 136 cm³/mol. The second kappa shape index (κ2) is 9.75. The summed E-state index contributed by atoms with van der Waals surface area (Å²) in [6.45, 7) is 7.83. The first-order valence-electron chi connectivity index (χ1n) is 11.6. The Hall–Kier alpha value is -3.30. The van der Waals surface area contributed by atoms with E-state index in [1.807, 2.05) is 32.9 Å². The van der Waals surface area contributed by atoms with Gasteiger partial charge in [0.15, 0.2) is 0 Å². The van der Waals surface area contributed by atoms with Crippen molar-refractivity contribution in [2.75, 3.05) is 18.4 Å². The normalized spacial score (nSPS) is 16.7. The van der Waals surface area contributed by atoms with Gasteiger partial charge in [0.2, 0.25) is 15.9 Å². The number of aryl methyl sites for hydroxylation is 4. The number of sulfonamides is 1. The largest absolute Gasteiger partial charge is 0.326 e. The molecule has 1 atom stereocenters. The molecule has 1 amide bonds. The molecule has 184 valence electrons. The van der Waals surface area contributed by atoms with Gasteiger partial charge in [0.05, 0.1) is 10.8 Å². The third kappa shape index (κ3) is 5.36. The highest BCUT2D eigenvalue weighted by atomic mass is 32.2. The van der Waals surface area contributed by atoms with Crippen molar-refractivity contribution in [3.8, 4) is 11.4 Å². The molecule has 2 aromatic carbocycles. The molecular weight excluding hydrogens is 464 g/mol. The molecule has 2 N–H and O–H groups in total. The zero-order valence-corrected chi connectivity index (χ0v) is 21.2. The summed E-state index contributed by atoms with van der Waals surface area (Å²) in [6, 6.07) is 12.2. The third-order valence-electron chi connectivity index (χ3n) is 6.23. The quantitative estimate of drug-likeness (QED) is 0.562. The summed E-state index contributed by atoms with van der Waals surface area (Å²) in [5.41, 5.74) is 4.03. The van der Waals surface area contributed by atoms with E-state index in [2.05, 4.69) is 15.3 Å². The van der Waals surface area contributed by atoms with Crippen LogP contribution in [0.25, 0.3) is 11.4 Å². The number of nitrogens with zero attached hydrogens (tertiary/aromatic N) is 2. The van der Waals surface area contributed by atoms with E-state index in [4.69, 9.17) is 0 Å². The molecule has 1 fully saturated rings. The first-order chi connectivity index (χ1) is 16.5. The van der Waals surface area contributed by atoms with Gasteiger partial charge in [0.25, 0.3) is 5.56 Å². The van der Waals surface area contributed by atoms with Gasteiger partial charge >= 0.3 is 0 Å². The third-order valence-corrected chi connectivity index (χ3v) is 8.40. The topological polar surface area (TPSA) is 112 Å². The molecule has 0 bridgehead atoms. The van der Waals surface area contributed by atoms with Gasteiger partial charge < -0.3 is 10.3 Å². The molecular formula is C26H30N4O4S. The van der Waals surface area contributed by atoms with E-state index in [9.17, 15) is 18.0 Å². The number of nitrogens with one attached hydrogen (secondary N) is 2. The van der Waals surface area contributed by atoms with E-state index in [1.165, 1.54) is 10.4 Å². The van der Waals surface area contributed by atoms with Gasteiger partial charge in [0.1, 0.15) is 5.82 Å². The average molecular weight is 495 g/mol. The van der Waals surface area contributed by atoms with Crippen molar-refractivity contribution < 1.29 is 13.2 Å². The fourth-order valence-corrected chi connectivity index (χ4v) is 6.72. The molecule has 1 aromatic heterocycles. The van der Waals surface area contributed by atoms with Crippen LogP contribution in [0.1, 0.15) is 35.2 Å². The number of H-pyrrole nitrogens is 1. The summed E-state index contributed by atoms with van der Waals surface area (Å²) in [5.74, 6) is -0.278. The maximum Gasteiger partial charge on any atom is 0.251 e. The second-order valence-electron chi connectivity index (χ2n) is 9.24. The molecule has 0 aliphatic carbocycles. The van der Waals surface area contributed by atoms with E-state index in [0.717, 1.165) is 5.56 Å². The number of hydrogen-bond donors (Lipinski definition) is 2. The van der Waals surface area contributed by atoms with Crippen molar-refractivity contribution >= 4 is 21.6 Å². The number of carbonyl (C=O) groups is 1. The summed E-state index contributed by atoms with van der Waals surface area (Å²) < 4.78 is 28.4. The van der Waals surface area contributed by atoms with Gasteiger partial charge in [-0.2, -0.15) is 4.31 Å². The number of carbonyl (C=O) groups excluding carboxylic acids is 1. The molecule has 2 heterocycles. The van der Waals surface area contributed by atoms with Crippen LogP contribution < -0.4 is 10.9 Å². The van der Waals surface area contributed by atoms with Gasteiger partial charge in [-0.15, -0.1) is 0 Å². The number of aromatic nitrogens is 2. The number of hydrogen-bond acceptors (Lipinski definition) is 5. The molecule has 8 nitrogen and oxygen atoms in total. The minimum atomic E-state index is -3.72. The Morgan fingerprint density at radius 1 is 1.09 bits per heavy atom. The molecule has 35 heavy (non-hydrogen) atoms. The summed E-state index contributed by atoms with van der Waals surface area (Å²) in [4.78, 5) is 32.3. The Morgan fingerprint density at radius 3 is 2.49 bits per heavy atom. The van der Waals surface area contributed by atoms with Crippen LogP contribution in [-0.2, 0) is 14.8 Å². The van der Waals surface area contributed by atoms with Crippen LogP contribution in [0.4, 0.5) is 5.69 Å². The molecule has 4 rings (SSSR count). The summed E-state index contributed by atoms with van der Waals surface area (Å²) >= 11 is 0. The van der Waals surface area contributed by atoms with E-state index < -0.39 is 15.9 Å². The summed E-state index contributed by atoms with van der Waals surface area (Å²) in [7, 11) is -3.72. The number of aromatic amines is 1. The maximum absolute atomic E-state index is 13.5. The van der Waals surface area contributed by atoms with Gasteiger partial charge in [-0.3, -0.25) is 9.59 Å². The molecule has 1 aliphatic rings. The fourth-order valence-electron chi connectivity index (χ4n) is 4.78. The lowest BCUT2D eigenvalue weighted by Gasteiger charge is -2.32. The molecule has 0 saturated carbocycles. The van der Waals surface area contributed by atoms with Crippen molar-refractivity contribution in [2.45, 2.75) is 45.4 Å². The molecule has 0 spiro atoms. The van der Waals surface area contributed by atoms with Crippen LogP contribution in [0.3, 0.4) is 0 Å². The predicted octanol–water partition coefficient (Wildman–Crippen LogP) is 3.71. The monoisotopic (exact) mass is 494 g/mol. The number of benzene rings is 2. The van der Waals surface area contributed by atoms with Gasteiger partial charge in [-0.1, -0.05) is 29.8 Å². The van der Waals surface area contributed by atoms with Gasteiger partial charge in [-0.25, -0.2) is 13.4 Å². The minimum Gasteiger partial charge on any atom is -0.326 e. The molecule has 1 aliphatic heterocycles. The second-order valence-corrected chi connectivity index (χ2v) is 11.1. The summed E-state index contributed by atoms with van der Waals surface area (Å²) in [5, 5.41) is 2.91. The lowest BCUT2D eigenvalue weighted by atomic mass is 9.98. The van der Waals surface area contributed by atoms with E-state index >= 15 is 0 Å². The minimum absolute atomic E-state index is 0.132. The van der Waals surface area contributed by atoms with Gasteiger partial charge in [-0.05, 0) is 63.8 Å². The highest BCUT2D eigenvalue weighted by molar-refractivity contribution is 7.89. The Labute approximate surface area is 205 Å². The van der Waals surface area contributed by atoms with Crippen molar-refractivity contribution in [3.05, 3.63) is 75.2 Å². The van der Waals surface area contributed by atoms with Gasteiger partial charge in [0, 0.05) is 36.1 Å². The Morgan fingerprint density at radius 2 is 1.80 bits per heavy atom. The van der Waals surface area contributed by atoms with Crippen LogP contribution in [0.2, 0.25) is 0 Å². The average Bonchev–Trinajstić information content (AvgIpc) is 2.78. The number of rotatable bonds is 5. The Bertz CT molecular complexity index is 1420. The highest BCUT2D eigenvalue weighted by Crippen LogP contribution is 2.29. The number of piperidine rings is 1. The van der Waals surface area contributed by atoms with Crippen LogP contribution in [0.15, 0.2) is 52.2 Å². The smallest absolute Gasteiger partial charge is 0.251 e. The van der Waals surface area contributed by atoms with E-state index in [-0.39, 0.29) is 18.0 Å². The van der Waals surface area contributed by atoms with Crippen LogP contribution >= 0.6 is 0 Å². The van der Waals surface area contributed by atoms with E-state index in [0.29, 0.717) is 58.2 Å². The highest BCUT2D eigenvalue weighted by Gasteiger charge is 2.35.